The van der Waals surface area contributed by atoms with Crippen LogP contribution in [-0.2, 0) is 0 Å². The molecule has 142 valence electrons. The lowest BCUT2D eigenvalue weighted by atomic mass is 9.64. The highest BCUT2D eigenvalue weighted by Gasteiger charge is 2.35. The second-order valence-electron chi connectivity index (χ2n) is 8.21. The predicted octanol–water partition coefficient (Wildman–Crippen LogP) is 7.26. The normalized spacial score (nSPS) is 27.8. The van der Waals surface area contributed by atoms with Crippen LogP contribution in [0.15, 0.2) is 49.1 Å². The van der Waals surface area contributed by atoms with Crippen molar-refractivity contribution >= 4 is 0 Å². The van der Waals surface area contributed by atoms with E-state index in [1.807, 2.05) is 6.07 Å². The van der Waals surface area contributed by atoms with Crippen LogP contribution in [0.4, 0.5) is 13.2 Å². The molecule has 2 aromatic rings. The van der Waals surface area contributed by atoms with Crippen molar-refractivity contribution in [2.75, 3.05) is 0 Å². The van der Waals surface area contributed by atoms with Crippen LogP contribution in [0.1, 0.15) is 50.0 Å². The van der Waals surface area contributed by atoms with E-state index in [1.54, 1.807) is 12.1 Å². The van der Waals surface area contributed by atoms with Gasteiger partial charge in [0, 0.05) is 5.56 Å². The van der Waals surface area contributed by atoms with Gasteiger partial charge in [-0.2, -0.15) is 0 Å². The zero-order valence-electron chi connectivity index (χ0n) is 15.4. The summed E-state index contributed by atoms with van der Waals surface area (Å²) in [5.74, 6) is 0.327. The Morgan fingerprint density at radius 2 is 1.56 bits per heavy atom. The molecular formula is C24H25F3. The second kappa shape index (κ2) is 7.53. The molecule has 27 heavy (non-hydrogen) atoms. The largest absolute Gasteiger partial charge is 0.206 e. The van der Waals surface area contributed by atoms with E-state index in [4.69, 9.17) is 0 Å². The molecule has 0 spiro atoms. The Balaban J connectivity index is 1.51. The van der Waals surface area contributed by atoms with Crippen LogP contribution >= 0.6 is 0 Å². The lowest BCUT2D eigenvalue weighted by molar-refractivity contribution is 0.133. The van der Waals surface area contributed by atoms with Gasteiger partial charge in [-0.05, 0) is 91.5 Å². The topological polar surface area (TPSA) is 0 Å². The minimum atomic E-state index is -0.954. The summed E-state index contributed by atoms with van der Waals surface area (Å²) in [6.07, 6.45) is 9.24. The Kier molecular flexibility index (Phi) is 5.12. The molecule has 4 atom stereocenters. The standard InChI is InChI=1S/C24H25F3/c1-2-15-3-4-17-12-18(6-5-16(17)11-15)19-7-9-21(23(26)13-19)20-8-10-22(25)24(27)14-20/h2,7-10,13-18H,1,3-6,11-12H2. The van der Waals surface area contributed by atoms with E-state index in [2.05, 4.69) is 12.7 Å². The first kappa shape index (κ1) is 18.3. The van der Waals surface area contributed by atoms with Gasteiger partial charge in [0.2, 0.25) is 0 Å². The minimum absolute atomic E-state index is 0.317. The number of hydrogen-bond acceptors (Lipinski definition) is 0. The van der Waals surface area contributed by atoms with Crippen LogP contribution in [0.5, 0.6) is 0 Å². The van der Waals surface area contributed by atoms with Gasteiger partial charge < -0.3 is 0 Å². The van der Waals surface area contributed by atoms with Crippen LogP contribution in [-0.4, -0.2) is 0 Å². The molecule has 2 aliphatic carbocycles. The number of fused-ring (bicyclic) bond motifs is 1. The maximum atomic E-state index is 14.7. The Bertz CT molecular complexity index is 842. The summed E-state index contributed by atoms with van der Waals surface area (Å²) < 4.78 is 41.3. The molecular weight excluding hydrogens is 345 g/mol. The summed E-state index contributed by atoms with van der Waals surface area (Å²) in [4.78, 5) is 0. The number of benzene rings is 2. The predicted molar refractivity (Wildman–Crippen MR) is 103 cm³/mol. The Hall–Kier alpha value is -2.03. The van der Waals surface area contributed by atoms with Crippen molar-refractivity contribution < 1.29 is 13.2 Å². The molecule has 0 amide bonds. The quantitative estimate of drug-likeness (QED) is 0.499. The lowest BCUT2D eigenvalue weighted by Gasteiger charge is -2.41. The van der Waals surface area contributed by atoms with Gasteiger partial charge in [0.1, 0.15) is 5.82 Å². The third-order valence-corrected chi connectivity index (χ3v) is 6.68. The summed E-state index contributed by atoms with van der Waals surface area (Å²) in [7, 11) is 0. The van der Waals surface area contributed by atoms with Crippen LogP contribution in [0.25, 0.3) is 11.1 Å². The molecule has 2 aliphatic rings. The number of allylic oxidation sites excluding steroid dienone is 1. The van der Waals surface area contributed by atoms with Crippen molar-refractivity contribution in [1.29, 1.82) is 0 Å². The van der Waals surface area contributed by atoms with Crippen molar-refractivity contribution in [3.63, 3.8) is 0 Å². The minimum Gasteiger partial charge on any atom is -0.206 e. The zero-order valence-corrected chi connectivity index (χ0v) is 15.4. The van der Waals surface area contributed by atoms with Crippen LogP contribution < -0.4 is 0 Å². The summed E-state index contributed by atoms with van der Waals surface area (Å²) in [6.45, 7) is 3.95. The van der Waals surface area contributed by atoms with Gasteiger partial charge in [0.15, 0.2) is 11.6 Å². The monoisotopic (exact) mass is 370 g/mol. The summed E-state index contributed by atoms with van der Waals surface area (Å²) in [5.41, 5.74) is 1.71. The van der Waals surface area contributed by atoms with E-state index in [1.165, 1.54) is 31.7 Å². The SMILES string of the molecule is C=CC1CCC2CC(c3ccc(-c4ccc(F)c(F)c4)c(F)c3)CCC2C1. The fourth-order valence-corrected chi connectivity index (χ4v) is 5.13. The first-order chi connectivity index (χ1) is 13.0. The molecule has 0 saturated heterocycles. The van der Waals surface area contributed by atoms with E-state index >= 15 is 0 Å². The van der Waals surface area contributed by atoms with E-state index in [0.29, 0.717) is 23.0 Å². The molecule has 2 fully saturated rings. The molecule has 0 bridgehead atoms. The van der Waals surface area contributed by atoms with Crippen molar-refractivity contribution in [2.24, 2.45) is 17.8 Å². The molecule has 0 heterocycles. The Labute approximate surface area is 159 Å². The van der Waals surface area contributed by atoms with E-state index in [0.717, 1.165) is 42.4 Å². The van der Waals surface area contributed by atoms with Gasteiger partial charge in [-0.15, -0.1) is 6.58 Å². The number of rotatable bonds is 3. The smallest absolute Gasteiger partial charge is 0.159 e. The average molecular weight is 370 g/mol. The van der Waals surface area contributed by atoms with Crippen LogP contribution in [0, 0.1) is 35.2 Å². The molecule has 2 aromatic carbocycles. The third-order valence-electron chi connectivity index (χ3n) is 6.68. The van der Waals surface area contributed by atoms with Gasteiger partial charge in [0.05, 0.1) is 0 Å². The molecule has 0 radical (unpaired) electrons. The van der Waals surface area contributed by atoms with Crippen molar-refractivity contribution in [3.05, 3.63) is 72.1 Å². The maximum absolute atomic E-state index is 14.7. The van der Waals surface area contributed by atoms with Crippen molar-refractivity contribution in [2.45, 2.75) is 44.4 Å². The number of hydrogen-bond donors (Lipinski definition) is 0. The first-order valence-electron chi connectivity index (χ1n) is 9.92. The third kappa shape index (κ3) is 3.69. The van der Waals surface area contributed by atoms with Crippen LogP contribution in [0.2, 0.25) is 0 Å². The molecule has 3 heteroatoms. The first-order valence-corrected chi connectivity index (χ1v) is 9.92. The highest BCUT2D eigenvalue weighted by Crippen LogP contribution is 2.48. The van der Waals surface area contributed by atoms with Gasteiger partial charge in [-0.25, -0.2) is 13.2 Å². The summed E-state index contributed by atoms with van der Waals surface area (Å²) >= 11 is 0. The Morgan fingerprint density at radius 3 is 2.30 bits per heavy atom. The summed E-state index contributed by atoms with van der Waals surface area (Å²) in [6, 6.07) is 8.77. The van der Waals surface area contributed by atoms with Crippen molar-refractivity contribution in [3.8, 4) is 11.1 Å². The van der Waals surface area contributed by atoms with Crippen LogP contribution in [0.3, 0.4) is 0 Å². The molecule has 0 aliphatic heterocycles. The molecule has 4 unspecified atom stereocenters. The van der Waals surface area contributed by atoms with E-state index in [-0.39, 0.29) is 5.82 Å². The van der Waals surface area contributed by atoms with Gasteiger partial charge in [-0.1, -0.05) is 24.3 Å². The molecule has 4 rings (SSSR count). The second-order valence-corrected chi connectivity index (χ2v) is 8.21. The highest BCUT2D eigenvalue weighted by molar-refractivity contribution is 5.64. The van der Waals surface area contributed by atoms with Gasteiger partial charge in [0.25, 0.3) is 0 Å². The Morgan fingerprint density at radius 1 is 0.778 bits per heavy atom. The van der Waals surface area contributed by atoms with Crippen molar-refractivity contribution in [1.82, 2.24) is 0 Å². The average Bonchev–Trinajstić information content (AvgIpc) is 2.69. The van der Waals surface area contributed by atoms with Gasteiger partial charge >= 0.3 is 0 Å². The maximum Gasteiger partial charge on any atom is 0.159 e. The zero-order chi connectivity index (χ0) is 19.0. The summed E-state index contributed by atoms with van der Waals surface area (Å²) in [5, 5.41) is 0. The van der Waals surface area contributed by atoms with Gasteiger partial charge in [-0.3, -0.25) is 0 Å². The van der Waals surface area contributed by atoms with E-state index < -0.39 is 11.6 Å². The fraction of sp³-hybridized carbons (Fsp3) is 0.417. The molecule has 0 nitrogen and oxygen atoms in total. The molecule has 0 aromatic heterocycles. The molecule has 2 saturated carbocycles. The molecule has 0 N–H and O–H groups in total. The highest BCUT2D eigenvalue weighted by atomic mass is 19.2. The van der Waals surface area contributed by atoms with E-state index in [9.17, 15) is 13.2 Å². The lowest BCUT2D eigenvalue weighted by Crippen LogP contribution is -2.29. The number of halogens is 3. The fourth-order valence-electron chi connectivity index (χ4n) is 5.13.